The van der Waals surface area contributed by atoms with Gasteiger partial charge < -0.3 is 13.9 Å². The summed E-state index contributed by atoms with van der Waals surface area (Å²) >= 11 is 1.22. The monoisotopic (exact) mass is 370 g/mol. The number of ether oxygens (including phenoxy) is 2. The highest BCUT2D eigenvalue weighted by Gasteiger charge is 2.21. The van der Waals surface area contributed by atoms with Crippen molar-refractivity contribution in [1.29, 1.82) is 0 Å². The van der Waals surface area contributed by atoms with Crippen LogP contribution in [0.5, 0.6) is 11.5 Å². The van der Waals surface area contributed by atoms with E-state index < -0.39 is 0 Å². The Hall–Kier alpha value is -2.80. The molecule has 6 nitrogen and oxygen atoms in total. The first-order valence-electron chi connectivity index (χ1n) is 7.94. The molecule has 0 radical (unpaired) electrons. The van der Waals surface area contributed by atoms with Gasteiger partial charge in [-0.25, -0.2) is 0 Å². The Bertz CT molecular complexity index is 893. The van der Waals surface area contributed by atoms with Gasteiger partial charge in [0.15, 0.2) is 5.78 Å². The number of hydrogen-bond donors (Lipinski definition) is 0. The van der Waals surface area contributed by atoms with Crippen molar-refractivity contribution < 1.29 is 18.7 Å². The summed E-state index contributed by atoms with van der Waals surface area (Å²) in [6.07, 6.45) is 0. The van der Waals surface area contributed by atoms with E-state index in [-0.39, 0.29) is 11.0 Å². The molecular formula is C19H18N2O4S. The number of methoxy groups -OCH3 is 2. The number of para-hydroxylation sites is 1. The number of carbonyl (C=O) groups excluding carboxylic acids is 1. The molecule has 7 heteroatoms. The van der Waals surface area contributed by atoms with Crippen molar-refractivity contribution in [3.8, 4) is 23.0 Å². The van der Waals surface area contributed by atoms with Crippen molar-refractivity contribution in [2.24, 2.45) is 0 Å². The van der Waals surface area contributed by atoms with Gasteiger partial charge in [0, 0.05) is 5.56 Å². The summed E-state index contributed by atoms with van der Waals surface area (Å²) in [4.78, 5) is 12.6. The lowest BCUT2D eigenvalue weighted by Gasteiger charge is -2.08. The highest BCUT2D eigenvalue weighted by atomic mass is 32.2. The fourth-order valence-electron chi connectivity index (χ4n) is 2.38. The van der Waals surface area contributed by atoms with E-state index in [1.807, 2.05) is 31.2 Å². The van der Waals surface area contributed by atoms with E-state index in [0.29, 0.717) is 33.7 Å². The molecule has 0 bridgehead atoms. The quantitative estimate of drug-likeness (QED) is 0.457. The second kappa shape index (κ2) is 8.05. The number of aromatic nitrogens is 2. The Morgan fingerprint density at radius 1 is 1.04 bits per heavy atom. The van der Waals surface area contributed by atoms with Crippen LogP contribution < -0.4 is 9.47 Å². The molecule has 0 spiro atoms. The van der Waals surface area contributed by atoms with E-state index in [4.69, 9.17) is 13.9 Å². The molecule has 0 saturated carbocycles. The van der Waals surface area contributed by atoms with Crippen molar-refractivity contribution in [3.63, 3.8) is 0 Å². The maximum Gasteiger partial charge on any atom is 0.277 e. The van der Waals surface area contributed by atoms with Gasteiger partial charge in [-0.1, -0.05) is 23.9 Å². The molecule has 1 heterocycles. The molecule has 3 aromatic rings. The predicted octanol–water partition coefficient (Wildman–Crippen LogP) is 4.12. The third-order valence-corrected chi connectivity index (χ3v) is 4.70. The van der Waals surface area contributed by atoms with Gasteiger partial charge in [0.05, 0.1) is 25.0 Å². The minimum absolute atomic E-state index is 0.0188. The zero-order chi connectivity index (χ0) is 18.5. The fourth-order valence-corrected chi connectivity index (χ4v) is 3.14. The van der Waals surface area contributed by atoms with E-state index >= 15 is 0 Å². The first-order chi connectivity index (χ1) is 12.6. The Morgan fingerprint density at radius 3 is 2.46 bits per heavy atom. The average molecular weight is 370 g/mol. The third kappa shape index (κ3) is 3.88. The summed E-state index contributed by atoms with van der Waals surface area (Å²) in [6, 6.07) is 14.4. The zero-order valence-electron chi connectivity index (χ0n) is 14.6. The van der Waals surface area contributed by atoms with Gasteiger partial charge in [0.25, 0.3) is 11.1 Å². The third-order valence-electron chi connectivity index (χ3n) is 3.77. The lowest BCUT2D eigenvalue weighted by molar-refractivity contribution is 0.0993. The fraction of sp³-hybridized carbons (Fsp3) is 0.211. The van der Waals surface area contributed by atoms with Crippen molar-refractivity contribution in [1.82, 2.24) is 10.2 Å². The average Bonchev–Trinajstić information content (AvgIpc) is 3.15. The molecule has 26 heavy (non-hydrogen) atoms. The molecule has 0 aliphatic heterocycles. The van der Waals surface area contributed by atoms with Crippen LogP contribution in [-0.2, 0) is 0 Å². The van der Waals surface area contributed by atoms with E-state index in [1.165, 1.54) is 11.8 Å². The molecule has 0 saturated heterocycles. The zero-order valence-corrected chi connectivity index (χ0v) is 15.4. The number of thioether (sulfide) groups is 1. The molecule has 3 rings (SSSR count). The molecule has 0 amide bonds. The van der Waals surface area contributed by atoms with Crippen LogP contribution in [0, 0.1) is 0 Å². The number of rotatable bonds is 7. The van der Waals surface area contributed by atoms with Gasteiger partial charge in [-0.05, 0) is 43.3 Å². The number of carbonyl (C=O) groups is 1. The van der Waals surface area contributed by atoms with E-state index in [0.717, 1.165) is 0 Å². The van der Waals surface area contributed by atoms with Crippen molar-refractivity contribution >= 4 is 17.5 Å². The van der Waals surface area contributed by atoms with Crippen LogP contribution in [-0.4, -0.2) is 35.5 Å². The van der Waals surface area contributed by atoms with Crippen LogP contribution in [0.25, 0.3) is 11.5 Å². The highest BCUT2D eigenvalue weighted by molar-refractivity contribution is 8.00. The Morgan fingerprint density at radius 2 is 1.77 bits per heavy atom. The smallest absolute Gasteiger partial charge is 0.277 e. The summed E-state index contributed by atoms with van der Waals surface area (Å²) in [5.41, 5.74) is 1.32. The number of nitrogens with zero attached hydrogens (tertiary/aromatic N) is 2. The van der Waals surface area contributed by atoms with Crippen LogP contribution in [0.3, 0.4) is 0 Å². The minimum Gasteiger partial charge on any atom is -0.497 e. The number of benzene rings is 2. The Balaban J connectivity index is 1.72. The summed E-state index contributed by atoms with van der Waals surface area (Å²) in [6.45, 7) is 1.81. The number of ketones is 1. The molecule has 2 aromatic carbocycles. The van der Waals surface area contributed by atoms with E-state index in [9.17, 15) is 4.79 Å². The molecule has 0 aliphatic rings. The minimum atomic E-state index is -0.366. The van der Waals surface area contributed by atoms with Crippen molar-refractivity contribution in [2.75, 3.05) is 14.2 Å². The van der Waals surface area contributed by atoms with Crippen LogP contribution in [0.1, 0.15) is 17.3 Å². The molecule has 0 aliphatic carbocycles. The topological polar surface area (TPSA) is 74.5 Å². The van der Waals surface area contributed by atoms with E-state index in [2.05, 4.69) is 10.2 Å². The van der Waals surface area contributed by atoms with Gasteiger partial charge in [-0.3, -0.25) is 4.79 Å². The largest absolute Gasteiger partial charge is 0.497 e. The van der Waals surface area contributed by atoms with Crippen LogP contribution in [0.15, 0.2) is 58.2 Å². The van der Waals surface area contributed by atoms with Gasteiger partial charge in [-0.15, -0.1) is 10.2 Å². The van der Waals surface area contributed by atoms with Crippen LogP contribution in [0.2, 0.25) is 0 Å². The van der Waals surface area contributed by atoms with Gasteiger partial charge in [0.2, 0.25) is 0 Å². The Labute approximate surface area is 155 Å². The molecule has 1 aromatic heterocycles. The molecule has 0 fully saturated rings. The molecular weight excluding hydrogens is 352 g/mol. The van der Waals surface area contributed by atoms with Crippen LogP contribution >= 0.6 is 11.8 Å². The number of hydrogen-bond acceptors (Lipinski definition) is 7. The standard InChI is InChI=1S/C19H18N2O4S/c1-12(17(22)13-8-10-14(23-2)11-9-13)26-19-21-20-18(25-19)15-6-4-5-7-16(15)24-3/h4-12H,1-3H3. The summed E-state index contributed by atoms with van der Waals surface area (Å²) in [5.74, 6) is 1.69. The van der Waals surface area contributed by atoms with Gasteiger partial charge in [0.1, 0.15) is 11.5 Å². The van der Waals surface area contributed by atoms with Crippen LogP contribution in [0.4, 0.5) is 0 Å². The molecule has 1 atom stereocenters. The summed E-state index contributed by atoms with van der Waals surface area (Å²) < 4.78 is 16.1. The molecule has 134 valence electrons. The SMILES string of the molecule is COc1ccc(C(=O)C(C)Sc2nnc(-c3ccccc3OC)o2)cc1. The summed E-state index contributed by atoms with van der Waals surface area (Å²) in [7, 11) is 3.17. The number of Topliss-reactive ketones (excluding diaryl/α,β-unsaturated/α-hetero) is 1. The lowest BCUT2D eigenvalue weighted by Crippen LogP contribution is -2.13. The van der Waals surface area contributed by atoms with E-state index in [1.54, 1.807) is 38.5 Å². The normalized spacial score (nSPS) is 11.8. The van der Waals surface area contributed by atoms with Crippen molar-refractivity contribution in [2.45, 2.75) is 17.4 Å². The van der Waals surface area contributed by atoms with Gasteiger partial charge in [-0.2, -0.15) is 0 Å². The highest BCUT2D eigenvalue weighted by Crippen LogP contribution is 2.32. The lowest BCUT2D eigenvalue weighted by atomic mass is 10.1. The Kier molecular flexibility index (Phi) is 5.58. The molecule has 0 N–H and O–H groups in total. The molecule has 1 unspecified atom stereocenters. The van der Waals surface area contributed by atoms with Gasteiger partial charge >= 0.3 is 0 Å². The maximum atomic E-state index is 12.6. The predicted molar refractivity (Wildman–Crippen MR) is 98.9 cm³/mol. The second-order valence-corrected chi connectivity index (χ2v) is 6.72. The maximum absolute atomic E-state index is 12.6. The first-order valence-corrected chi connectivity index (χ1v) is 8.82. The van der Waals surface area contributed by atoms with Crippen molar-refractivity contribution in [3.05, 3.63) is 54.1 Å². The second-order valence-electron chi connectivity index (χ2n) is 5.43. The summed E-state index contributed by atoms with van der Waals surface area (Å²) in [5, 5.41) is 8.05. The first kappa shape index (κ1) is 18.0.